The molecule has 27 heavy (non-hydrogen) atoms. The highest BCUT2D eigenvalue weighted by atomic mass is 16.6. The average molecular weight is 376 g/mol. The van der Waals surface area contributed by atoms with Crippen LogP contribution in [-0.2, 0) is 9.53 Å². The van der Waals surface area contributed by atoms with E-state index in [1.165, 1.54) is 0 Å². The van der Waals surface area contributed by atoms with Gasteiger partial charge >= 0.3 is 6.09 Å². The molecule has 0 bridgehead atoms. The predicted octanol–water partition coefficient (Wildman–Crippen LogP) is 4.05. The number of nitrogens with one attached hydrogen (secondary N) is 1. The van der Waals surface area contributed by atoms with Gasteiger partial charge in [0.05, 0.1) is 12.6 Å². The molecule has 6 nitrogen and oxygen atoms in total. The third kappa shape index (κ3) is 6.15. The van der Waals surface area contributed by atoms with Gasteiger partial charge in [0.1, 0.15) is 17.4 Å². The predicted molar refractivity (Wildman–Crippen MR) is 105 cm³/mol. The van der Waals surface area contributed by atoms with Crippen molar-refractivity contribution in [1.29, 1.82) is 0 Å². The molecular formula is C21H32N2O4. The maximum atomic E-state index is 12.9. The zero-order chi connectivity index (χ0) is 20.0. The van der Waals surface area contributed by atoms with Crippen molar-refractivity contribution < 1.29 is 19.1 Å². The van der Waals surface area contributed by atoms with Crippen LogP contribution in [0.5, 0.6) is 5.75 Å². The number of carbonyl (C=O) groups excluding carboxylic acids is 2. The number of benzene rings is 1. The fourth-order valence-corrected chi connectivity index (χ4v) is 3.18. The highest BCUT2D eigenvalue weighted by Gasteiger charge is 2.35. The van der Waals surface area contributed by atoms with E-state index < -0.39 is 17.7 Å². The van der Waals surface area contributed by atoms with Crippen molar-refractivity contribution in [2.24, 2.45) is 0 Å². The summed E-state index contributed by atoms with van der Waals surface area (Å²) in [6, 6.07) is 7.02. The van der Waals surface area contributed by atoms with Gasteiger partial charge in [-0.2, -0.15) is 0 Å². The molecule has 1 fully saturated rings. The number of rotatable bonds is 5. The minimum Gasteiger partial charge on any atom is -0.494 e. The summed E-state index contributed by atoms with van der Waals surface area (Å²) in [6.45, 7) is 10.5. The first kappa shape index (κ1) is 21.1. The topological polar surface area (TPSA) is 67.9 Å². The smallest absolute Gasteiger partial charge is 0.410 e. The molecule has 2 amide bonds. The monoisotopic (exact) mass is 376 g/mol. The summed E-state index contributed by atoms with van der Waals surface area (Å²) in [5, 5.41) is 3.04. The van der Waals surface area contributed by atoms with Gasteiger partial charge in [-0.1, -0.05) is 12.1 Å². The van der Waals surface area contributed by atoms with Gasteiger partial charge in [-0.15, -0.1) is 0 Å². The van der Waals surface area contributed by atoms with Gasteiger partial charge < -0.3 is 14.8 Å². The lowest BCUT2D eigenvalue weighted by atomic mass is 10.0. The molecule has 2 rings (SSSR count). The van der Waals surface area contributed by atoms with Crippen molar-refractivity contribution in [3.63, 3.8) is 0 Å². The number of hydrogen-bond acceptors (Lipinski definition) is 4. The molecule has 0 aliphatic carbocycles. The van der Waals surface area contributed by atoms with E-state index in [-0.39, 0.29) is 11.9 Å². The van der Waals surface area contributed by atoms with Crippen LogP contribution in [0.4, 0.5) is 4.79 Å². The summed E-state index contributed by atoms with van der Waals surface area (Å²) in [5.41, 5.74) is 0.386. The Morgan fingerprint density at radius 3 is 2.70 bits per heavy atom. The van der Waals surface area contributed by atoms with Crippen molar-refractivity contribution in [3.8, 4) is 5.75 Å². The minimum absolute atomic E-state index is 0.144. The Kier molecular flexibility index (Phi) is 7.11. The van der Waals surface area contributed by atoms with Crippen LogP contribution < -0.4 is 10.1 Å². The largest absolute Gasteiger partial charge is 0.494 e. The number of nitrogens with zero attached hydrogens (tertiary/aromatic N) is 1. The number of hydrogen-bond donors (Lipinski definition) is 1. The first-order valence-corrected chi connectivity index (χ1v) is 9.74. The molecule has 0 unspecified atom stereocenters. The molecule has 150 valence electrons. The Hall–Kier alpha value is -2.24. The fourth-order valence-electron chi connectivity index (χ4n) is 3.18. The maximum Gasteiger partial charge on any atom is 0.410 e. The molecule has 6 heteroatoms. The number of ether oxygens (including phenoxy) is 2. The van der Waals surface area contributed by atoms with Crippen LogP contribution in [0.15, 0.2) is 24.3 Å². The summed E-state index contributed by atoms with van der Waals surface area (Å²) in [7, 11) is 0. The molecule has 1 aromatic rings. The quantitative estimate of drug-likeness (QED) is 0.842. The maximum absolute atomic E-state index is 12.9. The Morgan fingerprint density at radius 1 is 1.30 bits per heavy atom. The zero-order valence-corrected chi connectivity index (χ0v) is 17.1. The van der Waals surface area contributed by atoms with Crippen molar-refractivity contribution in [1.82, 2.24) is 10.2 Å². The molecule has 1 heterocycles. The normalized spacial score (nSPS) is 18.6. The van der Waals surface area contributed by atoms with Crippen LogP contribution in [0.3, 0.4) is 0 Å². The first-order chi connectivity index (χ1) is 12.7. The van der Waals surface area contributed by atoms with Gasteiger partial charge in [0.15, 0.2) is 0 Å². The first-order valence-electron chi connectivity index (χ1n) is 9.74. The van der Waals surface area contributed by atoms with E-state index in [1.807, 2.05) is 58.9 Å². The van der Waals surface area contributed by atoms with Crippen molar-refractivity contribution >= 4 is 12.0 Å². The van der Waals surface area contributed by atoms with E-state index in [2.05, 4.69) is 5.32 Å². The van der Waals surface area contributed by atoms with E-state index in [9.17, 15) is 9.59 Å². The van der Waals surface area contributed by atoms with Crippen LogP contribution >= 0.6 is 0 Å². The molecule has 0 aromatic heterocycles. The molecular weight excluding hydrogens is 344 g/mol. The van der Waals surface area contributed by atoms with Gasteiger partial charge in [0.25, 0.3) is 0 Å². The molecule has 1 aromatic carbocycles. The lowest BCUT2D eigenvalue weighted by Gasteiger charge is -2.36. The Morgan fingerprint density at radius 2 is 2.04 bits per heavy atom. The highest BCUT2D eigenvalue weighted by molar-refractivity contribution is 5.86. The molecule has 1 N–H and O–H groups in total. The lowest BCUT2D eigenvalue weighted by Crippen LogP contribution is -2.53. The van der Waals surface area contributed by atoms with E-state index in [4.69, 9.17) is 9.47 Å². The summed E-state index contributed by atoms with van der Waals surface area (Å²) >= 11 is 0. The molecule has 1 saturated heterocycles. The Bertz CT molecular complexity index is 654. The molecule has 2 atom stereocenters. The third-order valence-electron chi connectivity index (χ3n) is 4.46. The van der Waals surface area contributed by atoms with E-state index in [0.29, 0.717) is 19.6 Å². The number of carbonyl (C=O) groups is 2. The fraction of sp³-hybridized carbons (Fsp3) is 0.619. The van der Waals surface area contributed by atoms with E-state index in [0.717, 1.165) is 24.2 Å². The minimum atomic E-state index is -0.581. The zero-order valence-electron chi connectivity index (χ0n) is 17.1. The summed E-state index contributed by atoms with van der Waals surface area (Å²) in [5.74, 6) is 0.638. The summed E-state index contributed by atoms with van der Waals surface area (Å²) in [6.07, 6.45) is 2.03. The second kappa shape index (κ2) is 9.11. The Labute approximate surface area is 162 Å². The van der Waals surface area contributed by atoms with Gasteiger partial charge in [0.2, 0.25) is 5.91 Å². The Balaban J connectivity index is 2.05. The van der Waals surface area contributed by atoms with Gasteiger partial charge in [-0.25, -0.2) is 4.79 Å². The second-order valence-electron chi connectivity index (χ2n) is 7.92. The van der Waals surface area contributed by atoms with Gasteiger partial charge in [-0.05, 0) is 71.6 Å². The molecule has 1 aliphatic rings. The van der Waals surface area contributed by atoms with Crippen LogP contribution in [0.2, 0.25) is 0 Å². The van der Waals surface area contributed by atoms with Gasteiger partial charge in [-0.3, -0.25) is 9.69 Å². The standard InChI is InChI=1S/C21H32N2O4/c1-6-26-17-11-9-10-16(14-17)15(2)22-19(24)18-12-7-8-13-23(18)20(25)27-21(3,4)5/h9-11,14-15,18H,6-8,12-13H2,1-5H3,(H,22,24)/t15-,18-/m1/s1. The molecule has 0 saturated carbocycles. The molecule has 0 radical (unpaired) electrons. The molecule has 0 spiro atoms. The number of piperidine rings is 1. The van der Waals surface area contributed by atoms with Crippen molar-refractivity contribution in [3.05, 3.63) is 29.8 Å². The molecule has 1 aliphatic heterocycles. The lowest BCUT2D eigenvalue weighted by molar-refractivity contribution is -0.128. The highest BCUT2D eigenvalue weighted by Crippen LogP contribution is 2.23. The van der Waals surface area contributed by atoms with Crippen LogP contribution in [-0.4, -0.2) is 41.7 Å². The summed E-state index contributed by atoms with van der Waals surface area (Å²) < 4.78 is 11.0. The summed E-state index contributed by atoms with van der Waals surface area (Å²) in [4.78, 5) is 27.0. The second-order valence-corrected chi connectivity index (χ2v) is 7.92. The van der Waals surface area contributed by atoms with Crippen molar-refractivity contribution in [2.45, 2.75) is 71.6 Å². The van der Waals surface area contributed by atoms with E-state index >= 15 is 0 Å². The van der Waals surface area contributed by atoms with Crippen LogP contribution in [0.1, 0.15) is 65.5 Å². The number of amides is 2. The average Bonchev–Trinajstić information content (AvgIpc) is 2.60. The van der Waals surface area contributed by atoms with Crippen LogP contribution in [0.25, 0.3) is 0 Å². The van der Waals surface area contributed by atoms with Crippen molar-refractivity contribution in [2.75, 3.05) is 13.2 Å². The van der Waals surface area contributed by atoms with E-state index in [1.54, 1.807) is 4.90 Å². The van der Waals surface area contributed by atoms with Crippen LogP contribution in [0, 0.1) is 0 Å². The van der Waals surface area contributed by atoms with Gasteiger partial charge in [0, 0.05) is 6.54 Å². The third-order valence-corrected chi connectivity index (χ3v) is 4.46. The number of likely N-dealkylation sites (tertiary alicyclic amines) is 1. The SMILES string of the molecule is CCOc1cccc([C@@H](C)NC(=O)[C@H]2CCCCN2C(=O)OC(C)(C)C)c1.